The predicted octanol–water partition coefficient (Wildman–Crippen LogP) is 5.31. The number of nitrogens with one attached hydrogen (secondary N) is 1. The number of carbonyl (C=O) groups excluding carboxylic acids is 2. The molecule has 0 aliphatic carbocycles. The van der Waals surface area contributed by atoms with Gasteiger partial charge in [0.25, 0.3) is 5.91 Å². The van der Waals surface area contributed by atoms with Crippen molar-refractivity contribution < 1.29 is 14.0 Å². The van der Waals surface area contributed by atoms with Crippen molar-refractivity contribution in [3.8, 4) is 0 Å². The monoisotopic (exact) mass is 480 g/mol. The fourth-order valence-corrected chi connectivity index (χ4v) is 4.63. The zero-order valence-electron chi connectivity index (χ0n) is 20.3. The molecule has 34 heavy (non-hydrogen) atoms. The van der Waals surface area contributed by atoms with Crippen LogP contribution in [0.25, 0.3) is 4.85 Å². The number of anilines is 2. The molecule has 8 heteroatoms. The largest absolute Gasteiger partial charge is 0.359 e. The summed E-state index contributed by atoms with van der Waals surface area (Å²) >= 11 is 5.65. The van der Waals surface area contributed by atoms with Crippen LogP contribution in [0.5, 0.6) is 0 Å². The smallest absolute Gasteiger partial charge is 0.259 e. The number of amides is 2. The van der Waals surface area contributed by atoms with Crippen LogP contribution >= 0.6 is 12.2 Å². The zero-order valence-corrected chi connectivity index (χ0v) is 21.1. The second kappa shape index (κ2) is 9.15. The van der Waals surface area contributed by atoms with Gasteiger partial charge in [-0.25, -0.2) is 9.24 Å². The molecule has 1 aliphatic rings. The van der Waals surface area contributed by atoms with Crippen LogP contribution in [-0.4, -0.2) is 29.5 Å². The minimum absolute atomic E-state index is 0.00112. The summed E-state index contributed by atoms with van der Waals surface area (Å²) < 4.78 is 15.1. The van der Waals surface area contributed by atoms with Crippen LogP contribution < -0.4 is 15.1 Å². The van der Waals surface area contributed by atoms with E-state index in [1.807, 2.05) is 38.1 Å². The highest BCUT2D eigenvalue weighted by atomic mass is 32.1. The number of carbonyl (C=O) groups is 2. The molecule has 0 bridgehead atoms. The van der Waals surface area contributed by atoms with Crippen molar-refractivity contribution in [3.63, 3.8) is 0 Å². The lowest BCUT2D eigenvalue weighted by Gasteiger charge is -2.29. The van der Waals surface area contributed by atoms with Crippen molar-refractivity contribution in [2.75, 3.05) is 16.8 Å². The lowest BCUT2D eigenvalue weighted by Crippen LogP contribution is -2.44. The number of aryl methyl sites for hydroxylation is 1. The fraction of sp³-hybridized carbons (Fsp3) is 0.385. The number of thiocarbonyl (C=S) groups is 1. The number of nitrogens with zero attached hydrogens (tertiary/aromatic N) is 3. The van der Waals surface area contributed by atoms with Crippen LogP contribution in [0.4, 0.5) is 21.5 Å². The van der Waals surface area contributed by atoms with E-state index in [1.54, 1.807) is 25.8 Å². The minimum atomic E-state index is -1.03. The van der Waals surface area contributed by atoms with Crippen molar-refractivity contribution in [1.29, 1.82) is 0 Å². The highest BCUT2D eigenvalue weighted by Gasteiger charge is 2.51. The molecule has 0 atom stereocenters. The van der Waals surface area contributed by atoms with Gasteiger partial charge in [-0.15, -0.1) is 0 Å². The van der Waals surface area contributed by atoms with Gasteiger partial charge in [0, 0.05) is 18.2 Å². The van der Waals surface area contributed by atoms with Crippen molar-refractivity contribution in [2.45, 2.75) is 53.0 Å². The maximum Gasteiger partial charge on any atom is 0.259 e. The SMILES string of the molecule is [C-]#[N+]c1ccc(N2C(=O)C(C)(C)N(c3ccc(CCC(C)(C)C(=O)NC)cc3)C2=S)c(F)c1C. The molecule has 0 aromatic heterocycles. The maximum absolute atomic E-state index is 15.1. The van der Waals surface area contributed by atoms with E-state index >= 15 is 4.39 Å². The molecule has 1 N–H and O–H groups in total. The second-order valence-corrected chi connectivity index (χ2v) is 9.97. The standard InChI is InChI=1S/C26H29FN4O2S/c1-16-19(28-6)12-13-20(21(16)27)30-23(33)26(4,5)31(24(30)34)18-10-8-17(9-11-18)14-15-25(2,3)22(32)29-7/h8-13H,14-15H2,1-5,7H3,(H,29,32). The topological polar surface area (TPSA) is 57.0 Å². The molecule has 1 heterocycles. The average Bonchev–Trinajstić information content (AvgIpc) is 2.98. The Morgan fingerprint density at radius 1 is 1.21 bits per heavy atom. The van der Waals surface area contributed by atoms with Gasteiger partial charge in [-0.05, 0) is 75.2 Å². The van der Waals surface area contributed by atoms with Crippen molar-refractivity contribution in [2.24, 2.45) is 5.41 Å². The van der Waals surface area contributed by atoms with Gasteiger partial charge in [-0.3, -0.25) is 14.5 Å². The number of rotatable bonds is 6. The summed E-state index contributed by atoms with van der Waals surface area (Å²) in [5, 5.41) is 2.88. The normalized spacial score (nSPS) is 15.5. The number of halogens is 1. The number of hydrogen-bond donors (Lipinski definition) is 1. The van der Waals surface area contributed by atoms with Gasteiger partial charge in [0.2, 0.25) is 5.91 Å². The molecule has 2 aromatic rings. The first-order valence-corrected chi connectivity index (χ1v) is 11.4. The Kier molecular flexibility index (Phi) is 6.81. The zero-order chi connectivity index (χ0) is 25.4. The quantitative estimate of drug-likeness (QED) is 0.450. The molecular weight excluding hydrogens is 451 g/mol. The van der Waals surface area contributed by atoms with Crippen LogP contribution in [0.2, 0.25) is 0 Å². The van der Waals surface area contributed by atoms with Crippen molar-refractivity contribution >= 4 is 46.2 Å². The second-order valence-electron chi connectivity index (χ2n) is 9.60. The van der Waals surface area contributed by atoms with E-state index in [2.05, 4.69) is 10.2 Å². The fourth-order valence-electron chi connectivity index (χ4n) is 4.12. The third-order valence-corrected chi connectivity index (χ3v) is 6.81. The van der Waals surface area contributed by atoms with E-state index in [4.69, 9.17) is 18.8 Å². The van der Waals surface area contributed by atoms with Gasteiger partial charge < -0.3 is 10.2 Å². The Morgan fingerprint density at radius 3 is 2.38 bits per heavy atom. The van der Waals surface area contributed by atoms with Crippen LogP contribution in [0.1, 0.15) is 45.2 Å². The molecular formula is C26H29FN4O2S. The van der Waals surface area contributed by atoms with Crippen LogP contribution in [0.15, 0.2) is 36.4 Å². The molecule has 2 aromatic carbocycles. The molecule has 0 unspecified atom stereocenters. The molecule has 1 saturated heterocycles. The first-order valence-electron chi connectivity index (χ1n) is 11.0. The number of benzene rings is 2. The molecule has 3 rings (SSSR count). The third kappa shape index (κ3) is 4.28. The van der Waals surface area contributed by atoms with E-state index in [0.29, 0.717) is 6.42 Å². The first-order chi connectivity index (χ1) is 15.9. The van der Waals surface area contributed by atoms with Gasteiger partial charge in [0.1, 0.15) is 11.4 Å². The Morgan fingerprint density at radius 2 is 1.82 bits per heavy atom. The van der Waals surface area contributed by atoms with Gasteiger partial charge in [0.15, 0.2) is 10.8 Å². The average molecular weight is 481 g/mol. The van der Waals surface area contributed by atoms with E-state index in [9.17, 15) is 9.59 Å². The third-order valence-electron chi connectivity index (χ3n) is 6.44. The Bertz CT molecular complexity index is 1200. The minimum Gasteiger partial charge on any atom is -0.359 e. The van der Waals surface area contributed by atoms with Gasteiger partial charge in [0.05, 0.1) is 12.3 Å². The summed E-state index contributed by atoms with van der Waals surface area (Å²) in [5.41, 5.74) is 0.693. The molecule has 1 fully saturated rings. The lowest BCUT2D eigenvalue weighted by molar-refractivity contribution is -0.129. The summed E-state index contributed by atoms with van der Waals surface area (Å²) in [6.45, 7) is 16.0. The maximum atomic E-state index is 15.1. The predicted molar refractivity (Wildman–Crippen MR) is 137 cm³/mol. The highest BCUT2D eigenvalue weighted by Crippen LogP contribution is 2.39. The van der Waals surface area contributed by atoms with Gasteiger partial charge in [-0.2, -0.15) is 0 Å². The summed E-state index contributed by atoms with van der Waals surface area (Å²) in [6.07, 6.45) is 1.41. The molecule has 2 amide bonds. The van der Waals surface area contributed by atoms with Crippen LogP contribution in [-0.2, 0) is 16.0 Å². The molecule has 0 spiro atoms. The highest BCUT2D eigenvalue weighted by molar-refractivity contribution is 7.81. The summed E-state index contributed by atoms with van der Waals surface area (Å²) in [4.78, 5) is 31.6. The van der Waals surface area contributed by atoms with Gasteiger partial charge in [-0.1, -0.05) is 32.0 Å². The van der Waals surface area contributed by atoms with E-state index < -0.39 is 16.8 Å². The molecule has 0 radical (unpaired) electrons. The molecule has 6 nitrogen and oxygen atoms in total. The summed E-state index contributed by atoms with van der Waals surface area (Å²) in [6, 6.07) is 10.6. The van der Waals surface area contributed by atoms with Crippen molar-refractivity contribution in [3.05, 3.63) is 64.8 Å². The molecule has 0 saturated carbocycles. The number of hydrogen-bond acceptors (Lipinski definition) is 3. The van der Waals surface area contributed by atoms with Crippen LogP contribution in [0, 0.1) is 24.7 Å². The van der Waals surface area contributed by atoms with Crippen LogP contribution in [0.3, 0.4) is 0 Å². The Hall–Kier alpha value is -3.31. The van der Waals surface area contributed by atoms with Gasteiger partial charge >= 0.3 is 0 Å². The molecule has 1 aliphatic heterocycles. The molecule has 178 valence electrons. The summed E-state index contributed by atoms with van der Waals surface area (Å²) in [5.74, 6) is -0.975. The van der Waals surface area contributed by atoms with Crippen molar-refractivity contribution in [1.82, 2.24) is 5.32 Å². The van der Waals surface area contributed by atoms with E-state index in [0.717, 1.165) is 17.7 Å². The Balaban J connectivity index is 1.89. The first kappa shape index (κ1) is 25.3. The summed E-state index contributed by atoms with van der Waals surface area (Å²) in [7, 11) is 1.64. The van der Waals surface area contributed by atoms with E-state index in [-0.39, 0.29) is 33.9 Å². The van der Waals surface area contributed by atoms with E-state index in [1.165, 1.54) is 24.0 Å². The Labute approximate surface area is 205 Å². The lowest BCUT2D eigenvalue weighted by atomic mass is 9.85.